The van der Waals surface area contributed by atoms with Gasteiger partial charge in [0.2, 0.25) is 0 Å². The molecule has 1 aliphatic carbocycles. The summed E-state index contributed by atoms with van der Waals surface area (Å²) in [6, 6.07) is 0. The number of hydrogen-bond donors (Lipinski definition) is 0. The Morgan fingerprint density at radius 2 is 2.06 bits per heavy atom. The molecule has 0 aromatic carbocycles. The van der Waals surface area contributed by atoms with E-state index >= 15 is 0 Å². The number of allylic oxidation sites excluding steroid dienone is 6. The van der Waals surface area contributed by atoms with Gasteiger partial charge in [-0.25, -0.2) is 0 Å². The summed E-state index contributed by atoms with van der Waals surface area (Å²) < 4.78 is 0. The Bertz CT molecular complexity index is 271. The number of nitrogens with zero attached hydrogens (tertiary/aromatic N) is 1. The summed E-state index contributed by atoms with van der Waals surface area (Å²) in [5.41, 5.74) is 1.54. The molecule has 1 atom stereocenters. The summed E-state index contributed by atoms with van der Waals surface area (Å²) in [7, 11) is 4.30. The molecule has 90 valence electrons. The van der Waals surface area contributed by atoms with E-state index in [9.17, 15) is 0 Å². The molecule has 0 heterocycles. The van der Waals surface area contributed by atoms with Crippen LogP contribution in [-0.4, -0.2) is 25.5 Å². The lowest BCUT2D eigenvalue weighted by Gasteiger charge is -2.19. The Hall–Kier alpha value is -0.820. The summed E-state index contributed by atoms with van der Waals surface area (Å²) in [5.74, 6) is 0.727. The second-order valence-corrected chi connectivity index (χ2v) is 4.77. The van der Waals surface area contributed by atoms with Crippen molar-refractivity contribution in [3.05, 3.63) is 36.0 Å². The molecule has 1 aliphatic rings. The Morgan fingerprint density at radius 1 is 1.25 bits per heavy atom. The maximum atomic E-state index is 2.42. The van der Waals surface area contributed by atoms with Crippen LogP contribution < -0.4 is 0 Å². The fraction of sp³-hybridized carbons (Fsp3) is 0.600. The van der Waals surface area contributed by atoms with Crippen molar-refractivity contribution < 1.29 is 0 Å². The van der Waals surface area contributed by atoms with E-state index in [0.717, 1.165) is 5.92 Å². The van der Waals surface area contributed by atoms with Crippen molar-refractivity contribution in [1.29, 1.82) is 0 Å². The highest BCUT2D eigenvalue weighted by atomic mass is 15.0. The molecule has 1 nitrogen and oxygen atoms in total. The fourth-order valence-corrected chi connectivity index (χ4v) is 2.08. The minimum Gasteiger partial charge on any atom is -0.309 e. The number of rotatable bonds is 5. The molecular weight excluding hydrogens is 194 g/mol. The Balaban J connectivity index is 2.59. The van der Waals surface area contributed by atoms with Crippen LogP contribution in [0.15, 0.2) is 36.0 Å². The van der Waals surface area contributed by atoms with Gasteiger partial charge < -0.3 is 4.90 Å². The molecule has 0 saturated carbocycles. The maximum Gasteiger partial charge on any atom is -0.00190 e. The first-order valence-corrected chi connectivity index (χ1v) is 6.42. The summed E-state index contributed by atoms with van der Waals surface area (Å²) in [5, 5.41) is 0. The highest BCUT2D eigenvalue weighted by Gasteiger charge is 2.10. The lowest BCUT2D eigenvalue weighted by atomic mass is 9.90. The van der Waals surface area contributed by atoms with Crippen LogP contribution in [0.5, 0.6) is 0 Å². The van der Waals surface area contributed by atoms with Gasteiger partial charge in [-0.2, -0.15) is 0 Å². The topological polar surface area (TPSA) is 3.24 Å². The molecular formula is C15H25N. The van der Waals surface area contributed by atoms with Crippen molar-refractivity contribution in [2.24, 2.45) is 5.92 Å². The van der Waals surface area contributed by atoms with Crippen molar-refractivity contribution in [2.45, 2.75) is 32.6 Å². The predicted molar refractivity (Wildman–Crippen MR) is 72.5 cm³/mol. The van der Waals surface area contributed by atoms with Gasteiger partial charge in [-0.3, -0.25) is 0 Å². The van der Waals surface area contributed by atoms with Gasteiger partial charge in [0, 0.05) is 0 Å². The van der Waals surface area contributed by atoms with Crippen molar-refractivity contribution in [3.8, 4) is 0 Å². The normalized spacial score (nSPS) is 25.4. The Labute approximate surface area is 101 Å². The van der Waals surface area contributed by atoms with Crippen LogP contribution in [-0.2, 0) is 0 Å². The molecule has 1 rings (SSSR count). The van der Waals surface area contributed by atoms with Gasteiger partial charge in [0.25, 0.3) is 0 Å². The van der Waals surface area contributed by atoms with Gasteiger partial charge in [0.1, 0.15) is 0 Å². The zero-order valence-electron chi connectivity index (χ0n) is 10.9. The van der Waals surface area contributed by atoms with Crippen LogP contribution in [0.2, 0.25) is 0 Å². The van der Waals surface area contributed by atoms with Crippen LogP contribution in [0.3, 0.4) is 0 Å². The second kappa shape index (κ2) is 7.45. The van der Waals surface area contributed by atoms with E-state index in [2.05, 4.69) is 56.3 Å². The summed E-state index contributed by atoms with van der Waals surface area (Å²) in [6.45, 7) is 3.48. The highest BCUT2D eigenvalue weighted by molar-refractivity contribution is 5.26. The zero-order valence-corrected chi connectivity index (χ0v) is 10.9. The molecule has 0 aliphatic heterocycles. The first-order valence-electron chi connectivity index (χ1n) is 6.42. The zero-order chi connectivity index (χ0) is 11.8. The van der Waals surface area contributed by atoms with Crippen molar-refractivity contribution >= 4 is 0 Å². The van der Waals surface area contributed by atoms with Crippen LogP contribution in [0.4, 0.5) is 0 Å². The van der Waals surface area contributed by atoms with E-state index in [1.54, 1.807) is 0 Å². The minimum atomic E-state index is 0.727. The first kappa shape index (κ1) is 13.2. The second-order valence-electron chi connectivity index (χ2n) is 4.77. The average molecular weight is 219 g/mol. The quantitative estimate of drug-likeness (QED) is 0.680. The molecule has 0 radical (unpaired) electrons. The van der Waals surface area contributed by atoms with Gasteiger partial charge in [-0.1, -0.05) is 37.3 Å². The van der Waals surface area contributed by atoms with E-state index < -0.39 is 0 Å². The average Bonchev–Trinajstić information content (AvgIpc) is 2.20. The minimum absolute atomic E-state index is 0.727. The van der Waals surface area contributed by atoms with Crippen LogP contribution in [0.1, 0.15) is 32.6 Å². The van der Waals surface area contributed by atoms with E-state index in [1.165, 1.54) is 37.8 Å². The summed E-state index contributed by atoms with van der Waals surface area (Å²) in [4.78, 5) is 2.27. The van der Waals surface area contributed by atoms with Crippen LogP contribution in [0, 0.1) is 5.92 Å². The SMILES string of the molecule is CCC(CCN(C)C)C1=C/CC/C=C/C=C\1. The molecule has 0 aromatic rings. The third kappa shape index (κ3) is 4.80. The molecule has 1 heteroatoms. The lowest BCUT2D eigenvalue weighted by molar-refractivity contribution is 0.365. The Kier molecular flexibility index (Phi) is 6.17. The molecule has 0 bridgehead atoms. The van der Waals surface area contributed by atoms with E-state index in [1.807, 2.05) is 0 Å². The van der Waals surface area contributed by atoms with Gasteiger partial charge in [0.05, 0.1) is 0 Å². The van der Waals surface area contributed by atoms with Crippen molar-refractivity contribution in [2.75, 3.05) is 20.6 Å². The standard InChI is InChI=1S/C15H25N/c1-4-14(12-13-16(2)3)15-10-8-6-5-7-9-11-15/h5-6,8,10-11,14H,4,7,9,12-13H2,1-3H3/b6-5+,10-8-,15-11+. The third-order valence-corrected chi connectivity index (χ3v) is 3.14. The monoisotopic (exact) mass is 219 g/mol. The fourth-order valence-electron chi connectivity index (χ4n) is 2.08. The van der Waals surface area contributed by atoms with Crippen molar-refractivity contribution in [1.82, 2.24) is 4.90 Å². The Morgan fingerprint density at radius 3 is 2.75 bits per heavy atom. The first-order chi connectivity index (χ1) is 7.74. The maximum absolute atomic E-state index is 2.42. The molecule has 0 saturated heterocycles. The predicted octanol–water partition coefficient (Wildman–Crippen LogP) is 3.80. The van der Waals surface area contributed by atoms with Gasteiger partial charge in [-0.15, -0.1) is 0 Å². The molecule has 0 spiro atoms. The van der Waals surface area contributed by atoms with E-state index in [4.69, 9.17) is 0 Å². The smallest absolute Gasteiger partial charge is 0.00190 e. The van der Waals surface area contributed by atoms with Gasteiger partial charge >= 0.3 is 0 Å². The molecule has 1 unspecified atom stereocenters. The van der Waals surface area contributed by atoms with E-state index in [0.29, 0.717) is 0 Å². The lowest BCUT2D eigenvalue weighted by Crippen LogP contribution is -2.17. The van der Waals surface area contributed by atoms with Crippen LogP contribution in [0.25, 0.3) is 0 Å². The van der Waals surface area contributed by atoms with Crippen LogP contribution >= 0.6 is 0 Å². The van der Waals surface area contributed by atoms with Crippen molar-refractivity contribution in [3.63, 3.8) is 0 Å². The number of hydrogen-bond acceptors (Lipinski definition) is 1. The molecule has 0 aromatic heterocycles. The van der Waals surface area contributed by atoms with Gasteiger partial charge in [-0.05, 0) is 57.8 Å². The molecule has 0 amide bonds. The van der Waals surface area contributed by atoms with Gasteiger partial charge in [0.15, 0.2) is 0 Å². The summed E-state index contributed by atoms with van der Waals surface area (Å²) in [6.07, 6.45) is 16.2. The molecule has 0 N–H and O–H groups in total. The molecule has 0 fully saturated rings. The largest absolute Gasteiger partial charge is 0.309 e. The highest BCUT2D eigenvalue weighted by Crippen LogP contribution is 2.22. The third-order valence-electron chi connectivity index (χ3n) is 3.14. The summed E-state index contributed by atoms with van der Waals surface area (Å²) >= 11 is 0. The van der Waals surface area contributed by atoms with E-state index in [-0.39, 0.29) is 0 Å². The molecule has 16 heavy (non-hydrogen) atoms.